The van der Waals surface area contributed by atoms with Gasteiger partial charge in [0.25, 0.3) is 0 Å². The molecule has 206 valence electrons. The van der Waals surface area contributed by atoms with Crippen molar-refractivity contribution >= 4 is 17.4 Å². The molecular weight excluding hydrogens is 488 g/mol. The van der Waals surface area contributed by atoms with Gasteiger partial charge in [0, 0.05) is 50.3 Å². The number of hydrogen-bond acceptors (Lipinski definition) is 5. The van der Waals surface area contributed by atoms with Crippen LogP contribution in [-0.2, 0) is 17.6 Å². The average Bonchev–Trinajstić information content (AvgIpc) is 2.98. The first-order chi connectivity index (χ1) is 19.0. The number of ketones is 1. The highest BCUT2D eigenvalue weighted by atomic mass is 16.5. The van der Waals surface area contributed by atoms with Crippen LogP contribution in [0.4, 0.5) is 5.69 Å². The van der Waals surface area contributed by atoms with Crippen molar-refractivity contribution in [1.82, 2.24) is 4.90 Å². The molecule has 0 saturated carbocycles. The van der Waals surface area contributed by atoms with Gasteiger partial charge < -0.3 is 14.7 Å². The summed E-state index contributed by atoms with van der Waals surface area (Å²) >= 11 is 0. The molecule has 0 spiro atoms. The molecule has 39 heavy (non-hydrogen) atoms. The summed E-state index contributed by atoms with van der Waals surface area (Å²) in [5.41, 5.74) is 4.13. The Morgan fingerprint density at radius 1 is 0.846 bits per heavy atom. The minimum Gasteiger partial charge on any atom is -0.497 e. The number of aliphatic carboxylic acids is 1. The molecule has 6 heteroatoms. The topological polar surface area (TPSA) is 70.1 Å². The Morgan fingerprint density at radius 3 is 2.26 bits per heavy atom. The summed E-state index contributed by atoms with van der Waals surface area (Å²) in [6.45, 7) is 4.99. The van der Waals surface area contributed by atoms with Crippen LogP contribution in [0.2, 0.25) is 0 Å². The number of aryl methyl sites for hydroxylation is 2. The van der Waals surface area contributed by atoms with Crippen molar-refractivity contribution in [2.45, 2.75) is 38.5 Å². The van der Waals surface area contributed by atoms with Crippen molar-refractivity contribution in [2.24, 2.45) is 5.92 Å². The van der Waals surface area contributed by atoms with Crippen molar-refractivity contribution in [3.63, 3.8) is 0 Å². The van der Waals surface area contributed by atoms with Crippen LogP contribution in [0.3, 0.4) is 0 Å². The summed E-state index contributed by atoms with van der Waals surface area (Å²) < 4.78 is 5.28. The Kier molecular flexibility index (Phi) is 10.5. The SMILES string of the molecule is COc1ccc(N2CCN(CCC(CCc3ccccc3)CC(=O)c3cccc(CCC(=O)O)c3)CC2)cc1. The highest BCUT2D eigenvalue weighted by Crippen LogP contribution is 2.23. The number of anilines is 1. The number of carbonyl (C=O) groups is 2. The van der Waals surface area contributed by atoms with E-state index in [2.05, 4.69) is 46.2 Å². The lowest BCUT2D eigenvalue weighted by atomic mass is 9.89. The molecule has 0 radical (unpaired) electrons. The lowest BCUT2D eigenvalue weighted by Gasteiger charge is -2.36. The summed E-state index contributed by atoms with van der Waals surface area (Å²) in [6.07, 6.45) is 3.95. The molecule has 3 aromatic carbocycles. The molecule has 1 fully saturated rings. The zero-order chi connectivity index (χ0) is 27.5. The van der Waals surface area contributed by atoms with Crippen molar-refractivity contribution in [1.29, 1.82) is 0 Å². The standard InChI is InChI=1S/C33H40N2O4/c1-39-31-15-13-30(14-16-31)35-22-20-34(21-23-35)19-18-28(11-10-26-6-3-2-4-7-26)25-32(36)29-9-5-8-27(24-29)12-17-33(37)38/h2-9,13-16,24,28H,10-12,17-23,25H2,1H3,(H,37,38). The number of methoxy groups -OCH3 is 1. The van der Waals surface area contributed by atoms with Crippen molar-refractivity contribution in [2.75, 3.05) is 44.7 Å². The number of carboxylic acids is 1. The number of Topliss-reactive ketones (excluding diaryl/α,β-unsaturated/α-hetero) is 1. The average molecular weight is 529 g/mol. The number of rotatable bonds is 14. The number of nitrogens with zero attached hydrogens (tertiary/aromatic N) is 2. The van der Waals surface area contributed by atoms with E-state index in [0.29, 0.717) is 24.3 Å². The van der Waals surface area contributed by atoms with E-state index in [1.165, 1.54) is 11.3 Å². The molecule has 1 atom stereocenters. The lowest BCUT2D eigenvalue weighted by molar-refractivity contribution is -0.136. The molecule has 4 rings (SSSR count). The van der Waals surface area contributed by atoms with E-state index in [1.807, 2.05) is 42.5 Å². The Labute approximate surface area is 232 Å². The van der Waals surface area contributed by atoms with Gasteiger partial charge in [-0.25, -0.2) is 0 Å². The van der Waals surface area contributed by atoms with E-state index >= 15 is 0 Å². The Bertz CT molecular complexity index is 1190. The highest BCUT2D eigenvalue weighted by molar-refractivity contribution is 5.96. The molecule has 6 nitrogen and oxygen atoms in total. The number of hydrogen-bond donors (Lipinski definition) is 1. The van der Waals surface area contributed by atoms with Gasteiger partial charge in [0.05, 0.1) is 7.11 Å². The van der Waals surface area contributed by atoms with Crippen LogP contribution in [0, 0.1) is 5.92 Å². The van der Waals surface area contributed by atoms with Gasteiger partial charge >= 0.3 is 5.97 Å². The highest BCUT2D eigenvalue weighted by Gasteiger charge is 2.21. The Balaban J connectivity index is 1.33. The first-order valence-electron chi connectivity index (χ1n) is 14.0. The zero-order valence-corrected chi connectivity index (χ0v) is 22.9. The second kappa shape index (κ2) is 14.5. The van der Waals surface area contributed by atoms with Crippen LogP contribution in [0.1, 0.15) is 47.2 Å². The van der Waals surface area contributed by atoms with Gasteiger partial charge in [0.15, 0.2) is 5.78 Å². The molecule has 3 aromatic rings. The van der Waals surface area contributed by atoms with E-state index in [9.17, 15) is 9.59 Å². The first-order valence-corrected chi connectivity index (χ1v) is 14.0. The number of carboxylic acid groups (broad SMARTS) is 1. The number of piperazine rings is 1. The van der Waals surface area contributed by atoms with Crippen LogP contribution in [0.25, 0.3) is 0 Å². The molecular formula is C33H40N2O4. The van der Waals surface area contributed by atoms with Crippen LogP contribution in [-0.4, -0.2) is 61.6 Å². The Hall–Kier alpha value is -3.64. The summed E-state index contributed by atoms with van der Waals surface area (Å²) in [7, 11) is 1.69. The van der Waals surface area contributed by atoms with Crippen molar-refractivity contribution < 1.29 is 19.4 Å². The smallest absolute Gasteiger partial charge is 0.303 e. The largest absolute Gasteiger partial charge is 0.497 e. The monoisotopic (exact) mass is 528 g/mol. The fourth-order valence-electron chi connectivity index (χ4n) is 5.28. The summed E-state index contributed by atoms with van der Waals surface area (Å²) in [4.78, 5) is 29.2. The minimum absolute atomic E-state index is 0.0725. The van der Waals surface area contributed by atoms with Gasteiger partial charge in [-0.3, -0.25) is 14.5 Å². The maximum Gasteiger partial charge on any atom is 0.303 e. The van der Waals surface area contributed by atoms with Crippen LogP contribution >= 0.6 is 0 Å². The summed E-state index contributed by atoms with van der Waals surface area (Å²) in [6, 6.07) is 26.3. The van der Waals surface area contributed by atoms with Crippen molar-refractivity contribution in [3.05, 3.63) is 95.6 Å². The maximum absolute atomic E-state index is 13.3. The molecule has 1 aliphatic heterocycles. The van der Waals surface area contributed by atoms with E-state index in [0.717, 1.165) is 63.3 Å². The third-order valence-corrected chi connectivity index (χ3v) is 7.70. The zero-order valence-electron chi connectivity index (χ0n) is 22.9. The van der Waals surface area contributed by atoms with Gasteiger partial charge in [-0.1, -0.05) is 48.5 Å². The lowest BCUT2D eigenvalue weighted by Crippen LogP contribution is -2.46. The van der Waals surface area contributed by atoms with Gasteiger partial charge in [0.2, 0.25) is 0 Å². The fourth-order valence-corrected chi connectivity index (χ4v) is 5.28. The van der Waals surface area contributed by atoms with E-state index in [-0.39, 0.29) is 12.2 Å². The molecule has 0 amide bonds. The van der Waals surface area contributed by atoms with Crippen molar-refractivity contribution in [3.8, 4) is 5.75 Å². The summed E-state index contributed by atoms with van der Waals surface area (Å²) in [5.74, 6) is 0.493. The predicted molar refractivity (Wildman–Crippen MR) is 156 cm³/mol. The third-order valence-electron chi connectivity index (χ3n) is 7.70. The molecule has 1 unspecified atom stereocenters. The maximum atomic E-state index is 13.3. The van der Waals surface area contributed by atoms with Crippen LogP contribution in [0.5, 0.6) is 5.75 Å². The molecule has 0 aromatic heterocycles. The number of benzene rings is 3. The second-order valence-electron chi connectivity index (χ2n) is 10.4. The number of carbonyl (C=O) groups excluding carboxylic acids is 1. The molecule has 1 N–H and O–H groups in total. The van der Waals surface area contributed by atoms with E-state index < -0.39 is 5.97 Å². The molecule has 1 saturated heterocycles. The fraction of sp³-hybridized carbons (Fsp3) is 0.394. The second-order valence-corrected chi connectivity index (χ2v) is 10.4. The minimum atomic E-state index is -0.822. The van der Waals surface area contributed by atoms with Gasteiger partial charge in [-0.15, -0.1) is 0 Å². The molecule has 0 bridgehead atoms. The quantitative estimate of drug-likeness (QED) is 0.269. The molecule has 0 aliphatic carbocycles. The predicted octanol–water partition coefficient (Wildman–Crippen LogP) is 5.75. The third kappa shape index (κ3) is 8.96. The van der Waals surface area contributed by atoms with Gasteiger partial charge in [0.1, 0.15) is 5.75 Å². The Morgan fingerprint density at radius 2 is 1.56 bits per heavy atom. The van der Waals surface area contributed by atoms with Gasteiger partial charge in [-0.05, 0) is 79.6 Å². The normalized spacial score (nSPS) is 14.6. The van der Waals surface area contributed by atoms with Gasteiger partial charge in [-0.2, -0.15) is 0 Å². The first kappa shape index (κ1) is 28.4. The molecule has 1 aliphatic rings. The molecule has 1 heterocycles. The number of ether oxygens (including phenoxy) is 1. The van der Waals surface area contributed by atoms with E-state index in [1.54, 1.807) is 7.11 Å². The van der Waals surface area contributed by atoms with E-state index in [4.69, 9.17) is 9.84 Å². The summed E-state index contributed by atoms with van der Waals surface area (Å²) in [5, 5.41) is 9.01. The van der Waals surface area contributed by atoms with Crippen LogP contribution < -0.4 is 9.64 Å². The van der Waals surface area contributed by atoms with Crippen LogP contribution in [0.15, 0.2) is 78.9 Å².